The highest BCUT2D eigenvalue weighted by atomic mass is 35.5. The van der Waals surface area contributed by atoms with Crippen LogP contribution in [0.25, 0.3) is 11.0 Å². The van der Waals surface area contributed by atoms with Crippen molar-refractivity contribution in [2.45, 2.75) is 32.7 Å². The van der Waals surface area contributed by atoms with Gasteiger partial charge in [0.15, 0.2) is 0 Å². The molecule has 2 aromatic rings. The molecule has 3 heteroatoms. The van der Waals surface area contributed by atoms with Crippen LogP contribution in [0.3, 0.4) is 0 Å². The summed E-state index contributed by atoms with van der Waals surface area (Å²) in [5.41, 5.74) is 2.28. The van der Waals surface area contributed by atoms with E-state index in [1.54, 1.807) is 0 Å². The highest BCUT2D eigenvalue weighted by Gasteiger charge is 2.20. The number of rotatable bonds is 2. The van der Waals surface area contributed by atoms with Crippen LogP contribution in [-0.4, -0.2) is 15.4 Å². The van der Waals surface area contributed by atoms with Crippen LogP contribution in [0.15, 0.2) is 24.3 Å². The lowest BCUT2D eigenvalue weighted by Gasteiger charge is -2.24. The zero-order valence-electron chi connectivity index (χ0n) is 10.00. The fraction of sp³-hybridized carbons (Fsp3) is 0.462. The Morgan fingerprint density at radius 3 is 2.56 bits per heavy atom. The van der Waals surface area contributed by atoms with Gasteiger partial charge >= 0.3 is 0 Å². The van der Waals surface area contributed by atoms with E-state index in [2.05, 4.69) is 48.5 Å². The van der Waals surface area contributed by atoms with E-state index in [1.165, 1.54) is 5.52 Å². The van der Waals surface area contributed by atoms with Gasteiger partial charge in [-0.25, -0.2) is 4.98 Å². The molecule has 0 saturated heterocycles. The maximum Gasteiger partial charge on any atom is 0.111 e. The number of nitrogens with zero attached hydrogens (tertiary/aromatic N) is 2. The Morgan fingerprint density at radius 1 is 1.25 bits per heavy atom. The second-order valence-corrected chi connectivity index (χ2v) is 5.34. The Labute approximate surface area is 101 Å². The molecule has 0 unspecified atom stereocenters. The highest BCUT2D eigenvalue weighted by Crippen LogP contribution is 2.25. The lowest BCUT2D eigenvalue weighted by molar-refractivity contribution is 0.395. The topological polar surface area (TPSA) is 17.8 Å². The number of hydrogen-bond donors (Lipinski definition) is 0. The first-order valence-corrected chi connectivity index (χ1v) is 6.10. The quantitative estimate of drug-likeness (QED) is 0.729. The molecule has 1 aromatic heterocycles. The van der Waals surface area contributed by atoms with Crippen LogP contribution in [0, 0.1) is 0 Å². The largest absolute Gasteiger partial charge is 0.323 e. The Bertz CT molecular complexity index is 494. The molecule has 0 atom stereocenters. The lowest BCUT2D eigenvalue weighted by atomic mass is 10.1. The first kappa shape index (κ1) is 11.5. The Kier molecular flexibility index (Phi) is 2.94. The second-order valence-electron chi connectivity index (χ2n) is 4.96. The van der Waals surface area contributed by atoms with E-state index in [-0.39, 0.29) is 5.54 Å². The summed E-state index contributed by atoms with van der Waals surface area (Å²) < 4.78 is 2.28. The highest BCUT2D eigenvalue weighted by molar-refractivity contribution is 6.17. The number of imidazole rings is 1. The van der Waals surface area contributed by atoms with E-state index in [9.17, 15) is 0 Å². The molecule has 0 fully saturated rings. The van der Waals surface area contributed by atoms with Gasteiger partial charge in [0.2, 0.25) is 0 Å². The summed E-state index contributed by atoms with van der Waals surface area (Å²) >= 11 is 5.83. The zero-order chi connectivity index (χ0) is 11.8. The molecule has 0 amide bonds. The van der Waals surface area contributed by atoms with Crippen LogP contribution in [0.1, 0.15) is 26.6 Å². The lowest BCUT2D eigenvalue weighted by Crippen LogP contribution is -2.24. The third-order valence-corrected chi connectivity index (χ3v) is 2.81. The SMILES string of the molecule is CC(C)(C)n1c(CCCl)nc2ccccc21. The molecule has 0 saturated carbocycles. The van der Waals surface area contributed by atoms with Crippen molar-refractivity contribution >= 4 is 22.6 Å². The minimum Gasteiger partial charge on any atom is -0.323 e. The third-order valence-electron chi connectivity index (χ3n) is 2.62. The van der Waals surface area contributed by atoms with Gasteiger partial charge in [0.05, 0.1) is 11.0 Å². The van der Waals surface area contributed by atoms with Gasteiger partial charge in [0.1, 0.15) is 5.82 Å². The van der Waals surface area contributed by atoms with E-state index < -0.39 is 0 Å². The summed E-state index contributed by atoms with van der Waals surface area (Å²) in [4.78, 5) is 4.65. The first-order valence-electron chi connectivity index (χ1n) is 5.57. The molecule has 1 aromatic carbocycles. The molecule has 86 valence electrons. The molecule has 0 bridgehead atoms. The predicted molar refractivity (Wildman–Crippen MR) is 69.2 cm³/mol. The summed E-state index contributed by atoms with van der Waals surface area (Å²) in [6.07, 6.45) is 0.813. The summed E-state index contributed by atoms with van der Waals surface area (Å²) in [6, 6.07) is 8.24. The first-order chi connectivity index (χ1) is 7.54. The number of hydrogen-bond acceptors (Lipinski definition) is 1. The van der Waals surface area contributed by atoms with Gasteiger partial charge in [-0.2, -0.15) is 0 Å². The fourth-order valence-electron chi connectivity index (χ4n) is 2.08. The monoisotopic (exact) mass is 236 g/mol. The Morgan fingerprint density at radius 2 is 1.94 bits per heavy atom. The van der Waals surface area contributed by atoms with Crippen molar-refractivity contribution in [1.82, 2.24) is 9.55 Å². The van der Waals surface area contributed by atoms with E-state index >= 15 is 0 Å². The number of para-hydroxylation sites is 2. The number of aryl methyl sites for hydroxylation is 1. The van der Waals surface area contributed by atoms with Crippen molar-refractivity contribution < 1.29 is 0 Å². The van der Waals surface area contributed by atoms with Gasteiger partial charge in [-0.15, -0.1) is 11.6 Å². The fourth-order valence-corrected chi connectivity index (χ4v) is 2.25. The van der Waals surface area contributed by atoms with Gasteiger partial charge in [0.25, 0.3) is 0 Å². The van der Waals surface area contributed by atoms with Crippen molar-refractivity contribution in [2.75, 3.05) is 5.88 Å². The molecule has 1 heterocycles. The van der Waals surface area contributed by atoms with E-state index in [1.807, 2.05) is 6.07 Å². The number of alkyl halides is 1. The molecular weight excluding hydrogens is 220 g/mol. The maximum absolute atomic E-state index is 5.83. The van der Waals surface area contributed by atoms with E-state index in [4.69, 9.17) is 11.6 Å². The Hall–Kier alpha value is -1.02. The second kappa shape index (κ2) is 4.10. The third kappa shape index (κ3) is 1.94. The molecule has 2 rings (SSSR count). The van der Waals surface area contributed by atoms with Crippen LogP contribution < -0.4 is 0 Å². The molecule has 0 N–H and O–H groups in total. The number of halogens is 1. The molecule has 16 heavy (non-hydrogen) atoms. The summed E-state index contributed by atoms with van der Waals surface area (Å²) in [6.45, 7) is 6.58. The molecule has 2 nitrogen and oxygen atoms in total. The minimum atomic E-state index is 0.0392. The molecule has 0 aliphatic heterocycles. The average molecular weight is 237 g/mol. The molecule has 0 radical (unpaired) electrons. The van der Waals surface area contributed by atoms with Crippen molar-refractivity contribution in [3.8, 4) is 0 Å². The summed E-state index contributed by atoms with van der Waals surface area (Å²) in [5.74, 6) is 1.68. The predicted octanol–water partition coefficient (Wildman–Crippen LogP) is 3.57. The zero-order valence-corrected chi connectivity index (χ0v) is 10.8. The summed E-state index contributed by atoms with van der Waals surface area (Å²) in [5, 5.41) is 0. The number of fused-ring (bicyclic) bond motifs is 1. The Balaban J connectivity index is 2.69. The average Bonchev–Trinajstić information content (AvgIpc) is 2.55. The van der Waals surface area contributed by atoms with Crippen molar-refractivity contribution in [3.63, 3.8) is 0 Å². The van der Waals surface area contributed by atoms with Crippen LogP contribution >= 0.6 is 11.6 Å². The molecular formula is C13H17ClN2. The molecule has 0 aliphatic carbocycles. The smallest absolute Gasteiger partial charge is 0.111 e. The van der Waals surface area contributed by atoms with Crippen molar-refractivity contribution in [1.29, 1.82) is 0 Å². The standard InChI is InChI=1S/C13H17ClN2/c1-13(2,3)16-11-7-5-4-6-10(11)15-12(16)8-9-14/h4-7H,8-9H2,1-3H3. The van der Waals surface area contributed by atoms with Crippen molar-refractivity contribution in [2.24, 2.45) is 0 Å². The normalized spacial score (nSPS) is 12.2. The maximum atomic E-state index is 5.83. The van der Waals surface area contributed by atoms with Crippen LogP contribution in [-0.2, 0) is 12.0 Å². The van der Waals surface area contributed by atoms with Crippen molar-refractivity contribution in [3.05, 3.63) is 30.1 Å². The number of aromatic nitrogens is 2. The molecule has 0 spiro atoms. The molecule has 0 aliphatic rings. The van der Waals surface area contributed by atoms with Gasteiger partial charge in [-0.1, -0.05) is 12.1 Å². The van der Waals surface area contributed by atoms with Gasteiger partial charge in [0, 0.05) is 17.8 Å². The van der Waals surface area contributed by atoms with E-state index in [0.717, 1.165) is 17.8 Å². The van der Waals surface area contributed by atoms with E-state index in [0.29, 0.717) is 5.88 Å². The van der Waals surface area contributed by atoms with Gasteiger partial charge < -0.3 is 4.57 Å². The summed E-state index contributed by atoms with van der Waals surface area (Å²) in [7, 11) is 0. The minimum absolute atomic E-state index is 0.0392. The van der Waals surface area contributed by atoms with Crippen LogP contribution in [0.5, 0.6) is 0 Å². The van der Waals surface area contributed by atoms with Gasteiger partial charge in [-0.3, -0.25) is 0 Å². The van der Waals surface area contributed by atoms with Gasteiger partial charge in [-0.05, 0) is 32.9 Å². The van der Waals surface area contributed by atoms with Crippen LogP contribution in [0.4, 0.5) is 0 Å². The van der Waals surface area contributed by atoms with Crippen LogP contribution in [0.2, 0.25) is 0 Å². The number of benzene rings is 1.